The van der Waals surface area contributed by atoms with Gasteiger partial charge < -0.3 is 15.4 Å². The van der Waals surface area contributed by atoms with Crippen LogP contribution in [-0.4, -0.2) is 25.6 Å². The molecule has 1 amide bonds. The molecule has 0 radical (unpaired) electrons. The van der Waals surface area contributed by atoms with Gasteiger partial charge in [-0.15, -0.1) is 0 Å². The molecule has 0 aliphatic rings. The molecule has 1 aromatic carbocycles. The van der Waals surface area contributed by atoms with Crippen LogP contribution in [0.4, 0.5) is 0 Å². The summed E-state index contributed by atoms with van der Waals surface area (Å²) in [6.07, 6.45) is 2.12. The Balaban J connectivity index is 2.39. The highest BCUT2D eigenvalue weighted by atomic mass is 16.5. The molecular formula is C17H28N2O2. The predicted octanol–water partition coefficient (Wildman–Crippen LogP) is 2.73. The SMILES string of the molecule is CNCc1ccccc1OCC(=O)NC(C)CCC(C)C. The van der Waals surface area contributed by atoms with Crippen LogP contribution < -0.4 is 15.4 Å². The van der Waals surface area contributed by atoms with E-state index in [0.29, 0.717) is 5.92 Å². The lowest BCUT2D eigenvalue weighted by molar-refractivity contribution is -0.123. The summed E-state index contributed by atoms with van der Waals surface area (Å²) >= 11 is 0. The highest BCUT2D eigenvalue weighted by Crippen LogP contribution is 2.17. The van der Waals surface area contributed by atoms with E-state index in [1.54, 1.807) is 0 Å². The third kappa shape index (κ3) is 7.14. The third-order valence-electron chi connectivity index (χ3n) is 3.28. The number of amides is 1. The molecule has 118 valence electrons. The highest BCUT2D eigenvalue weighted by Gasteiger charge is 2.10. The zero-order chi connectivity index (χ0) is 15.7. The first-order valence-electron chi connectivity index (χ1n) is 7.67. The monoisotopic (exact) mass is 292 g/mol. The zero-order valence-electron chi connectivity index (χ0n) is 13.6. The van der Waals surface area contributed by atoms with Crippen molar-refractivity contribution >= 4 is 5.91 Å². The van der Waals surface area contributed by atoms with Crippen molar-refractivity contribution in [2.24, 2.45) is 5.92 Å². The van der Waals surface area contributed by atoms with E-state index in [-0.39, 0.29) is 18.6 Å². The lowest BCUT2D eigenvalue weighted by Gasteiger charge is -2.16. The lowest BCUT2D eigenvalue weighted by Crippen LogP contribution is -2.36. The maximum atomic E-state index is 11.9. The van der Waals surface area contributed by atoms with Gasteiger partial charge in [-0.1, -0.05) is 32.0 Å². The van der Waals surface area contributed by atoms with Crippen LogP contribution in [0.3, 0.4) is 0 Å². The van der Waals surface area contributed by atoms with Crippen LogP contribution in [0.15, 0.2) is 24.3 Å². The summed E-state index contributed by atoms with van der Waals surface area (Å²) in [7, 11) is 1.89. The molecule has 0 aromatic heterocycles. The Hall–Kier alpha value is -1.55. The molecule has 0 saturated carbocycles. The number of ether oxygens (including phenoxy) is 1. The van der Waals surface area contributed by atoms with Crippen LogP contribution in [0.1, 0.15) is 39.2 Å². The molecule has 0 aliphatic carbocycles. The Bertz CT molecular complexity index is 433. The van der Waals surface area contributed by atoms with Crippen LogP contribution in [-0.2, 0) is 11.3 Å². The molecule has 0 aliphatic heterocycles. The number of rotatable bonds is 9. The van der Waals surface area contributed by atoms with Crippen molar-refractivity contribution in [2.45, 2.75) is 46.2 Å². The Labute approximate surface area is 128 Å². The fourth-order valence-corrected chi connectivity index (χ4v) is 2.10. The number of hydrogen-bond acceptors (Lipinski definition) is 3. The van der Waals surface area contributed by atoms with Crippen LogP contribution in [0.25, 0.3) is 0 Å². The topological polar surface area (TPSA) is 50.4 Å². The molecule has 2 N–H and O–H groups in total. The molecule has 0 bridgehead atoms. The summed E-state index contributed by atoms with van der Waals surface area (Å²) in [6, 6.07) is 7.96. The first-order valence-corrected chi connectivity index (χ1v) is 7.67. The van der Waals surface area contributed by atoms with Crippen LogP contribution in [0.2, 0.25) is 0 Å². The van der Waals surface area contributed by atoms with Crippen LogP contribution >= 0.6 is 0 Å². The molecule has 0 saturated heterocycles. The number of hydrogen-bond donors (Lipinski definition) is 2. The number of benzene rings is 1. The molecule has 4 nitrogen and oxygen atoms in total. The van der Waals surface area contributed by atoms with E-state index in [0.717, 1.165) is 30.7 Å². The fourth-order valence-electron chi connectivity index (χ4n) is 2.10. The second-order valence-electron chi connectivity index (χ2n) is 5.87. The van der Waals surface area contributed by atoms with Crippen LogP contribution in [0.5, 0.6) is 5.75 Å². The van der Waals surface area contributed by atoms with Crippen LogP contribution in [0, 0.1) is 5.92 Å². The second kappa shape index (κ2) is 9.40. The van der Waals surface area contributed by atoms with Gasteiger partial charge in [-0.3, -0.25) is 4.79 Å². The molecule has 21 heavy (non-hydrogen) atoms. The smallest absolute Gasteiger partial charge is 0.258 e. The molecule has 0 fully saturated rings. The van der Waals surface area contributed by atoms with Crippen molar-refractivity contribution in [1.29, 1.82) is 0 Å². The van der Waals surface area contributed by atoms with E-state index in [4.69, 9.17) is 4.74 Å². The van der Waals surface area contributed by atoms with E-state index < -0.39 is 0 Å². The number of carbonyl (C=O) groups is 1. The standard InChI is InChI=1S/C17H28N2O2/c1-13(2)9-10-14(3)19-17(20)12-21-16-8-6-5-7-15(16)11-18-4/h5-8,13-14,18H,9-12H2,1-4H3,(H,19,20). The maximum Gasteiger partial charge on any atom is 0.258 e. The fraction of sp³-hybridized carbons (Fsp3) is 0.588. The summed E-state index contributed by atoms with van der Waals surface area (Å²) in [5, 5.41) is 6.07. The van der Waals surface area contributed by atoms with Crippen molar-refractivity contribution in [2.75, 3.05) is 13.7 Å². The van der Waals surface area contributed by atoms with E-state index in [1.165, 1.54) is 0 Å². The predicted molar refractivity (Wildman–Crippen MR) is 86.4 cm³/mol. The molecule has 0 spiro atoms. The number of para-hydroxylation sites is 1. The van der Waals surface area contributed by atoms with Gasteiger partial charge in [0.25, 0.3) is 5.91 Å². The van der Waals surface area contributed by atoms with Gasteiger partial charge in [0.2, 0.25) is 0 Å². The Kier molecular flexibility index (Phi) is 7.83. The number of nitrogens with one attached hydrogen (secondary N) is 2. The Morgan fingerprint density at radius 3 is 2.57 bits per heavy atom. The summed E-state index contributed by atoms with van der Waals surface area (Å²) < 4.78 is 5.63. The summed E-state index contributed by atoms with van der Waals surface area (Å²) in [5.41, 5.74) is 1.06. The zero-order valence-corrected chi connectivity index (χ0v) is 13.6. The first-order chi connectivity index (χ1) is 10.0. The van der Waals surface area contributed by atoms with Crippen molar-refractivity contribution < 1.29 is 9.53 Å². The van der Waals surface area contributed by atoms with Gasteiger partial charge in [0.15, 0.2) is 6.61 Å². The third-order valence-corrected chi connectivity index (χ3v) is 3.28. The molecule has 0 heterocycles. The average molecular weight is 292 g/mol. The molecular weight excluding hydrogens is 264 g/mol. The maximum absolute atomic E-state index is 11.9. The Morgan fingerprint density at radius 1 is 1.19 bits per heavy atom. The minimum absolute atomic E-state index is 0.0622. The molecule has 1 atom stereocenters. The highest BCUT2D eigenvalue weighted by molar-refractivity contribution is 5.77. The minimum Gasteiger partial charge on any atom is -0.483 e. The second-order valence-corrected chi connectivity index (χ2v) is 5.87. The molecule has 1 rings (SSSR count). The summed E-state index contributed by atoms with van der Waals surface area (Å²) in [6.45, 7) is 7.21. The van der Waals surface area contributed by atoms with Gasteiger partial charge in [-0.25, -0.2) is 0 Å². The van der Waals surface area contributed by atoms with Gasteiger partial charge in [-0.2, -0.15) is 0 Å². The van der Waals surface area contributed by atoms with Crippen molar-refractivity contribution in [3.8, 4) is 5.75 Å². The quantitative estimate of drug-likeness (QED) is 0.736. The van der Waals surface area contributed by atoms with E-state index in [2.05, 4.69) is 24.5 Å². The van der Waals surface area contributed by atoms with Crippen molar-refractivity contribution in [3.05, 3.63) is 29.8 Å². The van der Waals surface area contributed by atoms with Gasteiger partial charge in [0.05, 0.1) is 0 Å². The summed E-state index contributed by atoms with van der Waals surface area (Å²) in [5.74, 6) is 1.36. The lowest BCUT2D eigenvalue weighted by atomic mass is 10.0. The number of carbonyl (C=O) groups excluding carboxylic acids is 1. The Morgan fingerprint density at radius 2 is 1.90 bits per heavy atom. The molecule has 4 heteroatoms. The first kappa shape index (κ1) is 17.5. The molecule has 1 unspecified atom stereocenters. The normalized spacial score (nSPS) is 12.2. The average Bonchev–Trinajstić information content (AvgIpc) is 2.44. The van der Waals surface area contributed by atoms with E-state index in [1.807, 2.05) is 38.2 Å². The van der Waals surface area contributed by atoms with Gasteiger partial charge >= 0.3 is 0 Å². The van der Waals surface area contributed by atoms with Crippen molar-refractivity contribution in [1.82, 2.24) is 10.6 Å². The largest absolute Gasteiger partial charge is 0.483 e. The summed E-state index contributed by atoms with van der Waals surface area (Å²) in [4.78, 5) is 11.9. The van der Waals surface area contributed by atoms with E-state index >= 15 is 0 Å². The van der Waals surface area contributed by atoms with E-state index in [9.17, 15) is 4.79 Å². The minimum atomic E-state index is -0.0643. The van der Waals surface area contributed by atoms with Gasteiger partial charge in [0.1, 0.15) is 5.75 Å². The van der Waals surface area contributed by atoms with Crippen molar-refractivity contribution in [3.63, 3.8) is 0 Å². The van der Waals surface area contributed by atoms with Gasteiger partial charge in [0, 0.05) is 18.2 Å². The molecule has 1 aromatic rings. The van der Waals surface area contributed by atoms with Gasteiger partial charge in [-0.05, 0) is 38.8 Å².